The summed E-state index contributed by atoms with van der Waals surface area (Å²) >= 11 is 5.87. The number of hydrogen-bond donors (Lipinski definition) is 0. The minimum atomic E-state index is -0.890. The summed E-state index contributed by atoms with van der Waals surface area (Å²) in [4.78, 5) is 26.5. The van der Waals surface area contributed by atoms with Crippen LogP contribution in [0.2, 0.25) is 5.02 Å². The molecule has 2 aromatic rings. The fraction of sp³-hybridized carbons (Fsp3) is 0.300. The second kappa shape index (κ2) is 7.79. The van der Waals surface area contributed by atoms with Gasteiger partial charge < -0.3 is 14.4 Å². The molecule has 0 aromatic heterocycles. The van der Waals surface area contributed by atoms with E-state index >= 15 is 0 Å². The average Bonchev–Trinajstić information content (AvgIpc) is 2.95. The quantitative estimate of drug-likeness (QED) is 0.751. The molecule has 0 radical (unpaired) electrons. The fourth-order valence-electron chi connectivity index (χ4n) is 3.08. The summed E-state index contributed by atoms with van der Waals surface area (Å²) in [5.41, 5.74) is 2.00. The second-order valence-electron chi connectivity index (χ2n) is 6.27. The Kier molecular flexibility index (Phi) is 5.47. The van der Waals surface area contributed by atoms with Gasteiger partial charge in [-0.2, -0.15) is 0 Å². The van der Waals surface area contributed by atoms with E-state index in [4.69, 9.17) is 21.1 Å². The summed E-state index contributed by atoms with van der Waals surface area (Å²) < 4.78 is 10.6. The Labute approximate surface area is 157 Å². The summed E-state index contributed by atoms with van der Waals surface area (Å²) in [6.07, 6.45) is -0.0976. The van der Waals surface area contributed by atoms with Crippen LogP contribution in [0.3, 0.4) is 0 Å². The van der Waals surface area contributed by atoms with E-state index in [1.807, 2.05) is 31.2 Å². The number of nitrogens with zero attached hydrogens (tertiary/aromatic N) is 1. The van der Waals surface area contributed by atoms with E-state index in [-0.39, 0.29) is 18.6 Å². The molecule has 26 heavy (non-hydrogen) atoms. The van der Waals surface area contributed by atoms with Crippen LogP contribution < -0.4 is 9.64 Å². The Morgan fingerprint density at radius 3 is 2.77 bits per heavy atom. The molecular formula is C20H20ClNO4. The Morgan fingerprint density at radius 2 is 2.00 bits per heavy atom. The lowest BCUT2D eigenvalue weighted by molar-refractivity contribution is -0.155. The van der Waals surface area contributed by atoms with Gasteiger partial charge in [0.25, 0.3) is 5.91 Å². The van der Waals surface area contributed by atoms with Crippen LogP contribution in [0.5, 0.6) is 5.75 Å². The average molecular weight is 374 g/mol. The molecule has 0 unspecified atom stereocenters. The number of hydrogen-bond acceptors (Lipinski definition) is 4. The highest BCUT2D eigenvalue weighted by Crippen LogP contribution is 2.32. The van der Waals surface area contributed by atoms with Gasteiger partial charge in [0, 0.05) is 16.8 Å². The molecule has 0 N–H and O–H groups in total. The molecule has 1 amide bonds. The molecule has 0 saturated carbocycles. The third-order valence-corrected chi connectivity index (χ3v) is 4.49. The predicted molar refractivity (Wildman–Crippen MR) is 99.6 cm³/mol. The van der Waals surface area contributed by atoms with Crippen LogP contribution in [0.15, 0.2) is 48.5 Å². The van der Waals surface area contributed by atoms with E-state index in [0.29, 0.717) is 10.8 Å². The maximum Gasteiger partial charge on any atom is 0.344 e. The topological polar surface area (TPSA) is 55.8 Å². The van der Waals surface area contributed by atoms with Crippen molar-refractivity contribution in [3.8, 4) is 5.75 Å². The van der Waals surface area contributed by atoms with Crippen LogP contribution in [0.1, 0.15) is 19.4 Å². The first kappa shape index (κ1) is 18.3. The molecule has 0 fully saturated rings. The maximum absolute atomic E-state index is 12.8. The minimum absolute atomic E-state index is 0.0313. The molecule has 3 rings (SSSR count). The summed E-state index contributed by atoms with van der Waals surface area (Å²) in [5.74, 6) is -0.375. The lowest BCUT2D eigenvalue weighted by atomic mass is 10.1. The molecule has 1 aliphatic heterocycles. The zero-order valence-electron chi connectivity index (χ0n) is 14.6. The van der Waals surface area contributed by atoms with Crippen molar-refractivity contribution in [1.29, 1.82) is 0 Å². The van der Waals surface area contributed by atoms with E-state index in [1.165, 1.54) is 0 Å². The number of anilines is 1. The number of carbonyl (C=O) groups excluding carboxylic acids is 2. The first-order valence-electron chi connectivity index (χ1n) is 8.44. The molecule has 2 atom stereocenters. The summed E-state index contributed by atoms with van der Waals surface area (Å²) in [5, 5.41) is 0.515. The molecule has 5 nitrogen and oxygen atoms in total. The Morgan fingerprint density at radius 1 is 1.23 bits per heavy atom. The van der Waals surface area contributed by atoms with E-state index in [0.717, 1.165) is 17.7 Å². The standard InChI is InChI=1S/C20H20ClNO4/c1-13-10-15-6-3-4-9-18(15)22(13)20(24)14(2)26-19(23)12-25-17-8-5-7-16(21)11-17/h3-9,11,13-14H,10,12H2,1-2H3/t13-,14-/m0/s1. The fourth-order valence-corrected chi connectivity index (χ4v) is 3.26. The van der Waals surface area contributed by atoms with Crippen molar-refractivity contribution in [1.82, 2.24) is 0 Å². The van der Waals surface area contributed by atoms with Gasteiger partial charge in [-0.1, -0.05) is 35.9 Å². The van der Waals surface area contributed by atoms with Gasteiger partial charge in [-0.3, -0.25) is 4.79 Å². The van der Waals surface area contributed by atoms with Gasteiger partial charge in [0.05, 0.1) is 0 Å². The number of rotatable bonds is 5. The van der Waals surface area contributed by atoms with Crippen molar-refractivity contribution in [2.75, 3.05) is 11.5 Å². The highest BCUT2D eigenvalue weighted by atomic mass is 35.5. The first-order valence-corrected chi connectivity index (χ1v) is 8.82. The molecule has 1 aliphatic rings. The Bertz CT molecular complexity index is 823. The third-order valence-electron chi connectivity index (χ3n) is 4.25. The Balaban J connectivity index is 1.58. The van der Waals surface area contributed by atoms with Crippen molar-refractivity contribution in [2.45, 2.75) is 32.4 Å². The van der Waals surface area contributed by atoms with Gasteiger partial charge in [0.2, 0.25) is 0 Å². The number of esters is 1. The summed E-state index contributed by atoms with van der Waals surface area (Å²) in [7, 11) is 0. The lowest BCUT2D eigenvalue weighted by Gasteiger charge is -2.25. The van der Waals surface area contributed by atoms with Crippen molar-refractivity contribution in [2.24, 2.45) is 0 Å². The number of halogens is 1. The van der Waals surface area contributed by atoms with E-state index in [1.54, 1.807) is 36.1 Å². The van der Waals surface area contributed by atoms with Gasteiger partial charge in [-0.05, 0) is 50.1 Å². The van der Waals surface area contributed by atoms with E-state index in [9.17, 15) is 9.59 Å². The number of fused-ring (bicyclic) bond motifs is 1. The third kappa shape index (κ3) is 3.99. The van der Waals surface area contributed by atoms with E-state index < -0.39 is 12.1 Å². The van der Waals surface area contributed by atoms with Crippen molar-refractivity contribution in [3.05, 3.63) is 59.1 Å². The maximum atomic E-state index is 12.8. The van der Waals surface area contributed by atoms with Crippen molar-refractivity contribution < 1.29 is 19.1 Å². The van der Waals surface area contributed by atoms with Crippen LogP contribution in [0.4, 0.5) is 5.69 Å². The second-order valence-corrected chi connectivity index (χ2v) is 6.70. The highest BCUT2D eigenvalue weighted by Gasteiger charge is 2.34. The molecule has 136 valence electrons. The largest absolute Gasteiger partial charge is 0.482 e. The molecule has 0 aliphatic carbocycles. The zero-order valence-corrected chi connectivity index (χ0v) is 15.4. The van der Waals surface area contributed by atoms with Crippen LogP contribution >= 0.6 is 11.6 Å². The van der Waals surface area contributed by atoms with Crippen LogP contribution in [0.25, 0.3) is 0 Å². The molecule has 1 heterocycles. The van der Waals surface area contributed by atoms with Gasteiger partial charge in [0.1, 0.15) is 5.75 Å². The SMILES string of the molecule is C[C@H](OC(=O)COc1cccc(Cl)c1)C(=O)N1c2ccccc2C[C@@H]1C. The summed E-state index contributed by atoms with van der Waals surface area (Å²) in [6, 6.07) is 14.5. The molecule has 0 spiro atoms. The number of ether oxygens (including phenoxy) is 2. The van der Waals surface area contributed by atoms with Gasteiger partial charge in [-0.25, -0.2) is 4.79 Å². The van der Waals surface area contributed by atoms with Crippen molar-refractivity contribution >= 4 is 29.2 Å². The number of carbonyl (C=O) groups is 2. The van der Waals surface area contributed by atoms with Gasteiger partial charge >= 0.3 is 5.97 Å². The highest BCUT2D eigenvalue weighted by molar-refractivity contribution is 6.30. The van der Waals surface area contributed by atoms with E-state index in [2.05, 4.69) is 0 Å². The number of benzene rings is 2. The smallest absolute Gasteiger partial charge is 0.344 e. The molecule has 2 aromatic carbocycles. The lowest BCUT2D eigenvalue weighted by Crippen LogP contribution is -2.43. The number of amides is 1. The molecule has 0 saturated heterocycles. The number of para-hydroxylation sites is 1. The van der Waals surface area contributed by atoms with Crippen LogP contribution in [0, 0.1) is 0 Å². The van der Waals surface area contributed by atoms with Gasteiger partial charge in [-0.15, -0.1) is 0 Å². The normalized spacial score (nSPS) is 16.7. The van der Waals surface area contributed by atoms with Crippen LogP contribution in [-0.4, -0.2) is 30.6 Å². The van der Waals surface area contributed by atoms with Crippen molar-refractivity contribution in [3.63, 3.8) is 0 Å². The zero-order chi connectivity index (χ0) is 18.7. The van der Waals surface area contributed by atoms with Crippen LogP contribution in [-0.2, 0) is 20.7 Å². The Hall–Kier alpha value is -2.53. The predicted octanol–water partition coefficient (Wildman–Crippen LogP) is 3.63. The first-order chi connectivity index (χ1) is 12.5. The molecule has 6 heteroatoms. The molecule has 0 bridgehead atoms. The monoisotopic (exact) mass is 373 g/mol. The summed E-state index contributed by atoms with van der Waals surface area (Å²) in [6.45, 7) is 3.27. The van der Waals surface area contributed by atoms with Gasteiger partial charge in [0.15, 0.2) is 12.7 Å². The molecular weight excluding hydrogens is 354 g/mol. The minimum Gasteiger partial charge on any atom is -0.482 e.